The zero-order valence-corrected chi connectivity index (χ0v) is 15.1. The predicted molar refractivity (Wildman–Crippen MR) is 104 cm³/mol. The van der Waals surface area contributed by atoms with Crippen molar-refractivity contribution in [3.63, 3.8) is 0 Å². The molecule has 4 aromatic rings. The van der Waals surface area contributed by atoms with Crippen molar-refractivity contribution in [1.82, 2.24) is 14.6 Å². The monoisotopic (exact) mass is 376 g/mol. The minimum absolute atomic E-state index is 0.220. The Kier molecular flexibility index (Phi) is 4.04. The minimum atomic E-state index is -0.421. The van der Waals surface area contributed by atoms with E-state index >= 15 is 0 Å². The molecule has 5 rings (SSSR count). The second kappa shape index (κ2) is 6.71. The summed E-state index contributed by atoms with van der Waals surface area (Å²) in [5.41, 5.74) is 2.98. The van der Waals surface area contributed by atoms with Crippen LogP contribution in [0, 0.1) is 11.6 Å². The van der Waals surface area contributed by atoms with Crippen molar-refractivity contribution >= 4 is 11.5 Å². The molecule has 1 aliphatic rings. The van der Waals surface area contributed by atoms with Gasteiger partial charge in [-0.1, -0.05) is 30.3 Å². The Bertz CT molecular complexity index is 1140. The quantitative estimate of drug-likeness (QED) is 0.504. The van der Waals surface area contributed by atoms with Crippen molar-refractivity contribution in [3.05, 3.63) is 84.1 Å². The van der Waals surface area contributed by atoms with Gasteiger partial charge in [0.05, 0.1) is 11.7 Å². The van der Waals surface area contributed by atoms with E-state index in [4.69, 9.17) is 4.98 Å². The molecule has 0 amide bonds. The average molecular weight is 376 g/mol. The van der Waals surface area contributed by atoms with Gasteiger partial charge in [0.1, 0.15) is 17.5 Å². The van der Waals surface area contributed by atoms with Crippen LogP contribution in [0.3, 0.4) is 0 Å². The largest absolute Gasteiger partial charge is 0.349 e. The van der Waals surface area contributed by atoms with Crippen molar-refractivity contribution in [1.29, 1.82) is 0 Å². The number of hydrogen-bond acceptors (Lipinski definition) is 3. The van der Waals surface area contributed by atoms with Gasteiger partial charge in [-0.3, -0.25) is 0 Å². The molecule has 0 saturated carbocycles. The van der Waals surface area contributed by atoms with Gasteiger partial charge in [0.15, 0.2) is 5.65 Å². The molecule has 3 heterocycles. The van der Waals surface area contributed by atoms with Gasteiger partial charge in [0, 0.05) is 29.9 Å². The summed E-state index contributed by atoms with van der Waals surface area (Å²) in [4.78, 5) is 6.79. The molecule has 4 nitrogen and oxygen atoms in total. The van der Waals surface area contributed by atoms with Crippen LogP contribution in [0.4, 0.5) is 14.6 Å². The summed E-state index contributed by atoms with van der Waals surface area (Å²) < 4.78 is 29.8. The normalized spacial score (nSPS) is 16.8. The van der Waals surface area contributed by atoms with E-state index in [1.165, 1.54) is 12.1 Å². The van der Waals surface area contributed by atoms with Crippen molar-refractivity contribution in [3.8, 4) is 11.3 Å². The molecule has 0 unspecified atom stereocenters. The molecule has 6 heteroatoms. The molecule has 140 valence electrons. The smallest absolute Gasteiger partial charge is 0.157 e. The number of hydrogen-bond donors (Lipinski definition) is 0. The van der Waals surface area contributed by atoms with Crippen LogP contribution in [-0.2, 0) is 0 Å². The predicted octanol–water partition coefficient (Wildman–Crippen LogP) is 5.02. The van der Waals surface area contributed by atoms with Crippen LogP contribution in [0.1, 0.15) is 24.4 Å². The molecule has 2 aromatic heterocycles. The molecule has 0 bridgehead atoms. The number of anilines is 1. The third-order valence-corrected chi connectivity index (χ3v) is 5.24. The highest BCUT2D eigenvalue weighted by Crippen LogP contribution is 2.36. The molecule has 1 atom stereocenters. The first-order chi connectivity index (χ1) is 13.7. The van der Waals surface area contributed by atoms with E-state index in [-0.39, 0.29) is 11.9 Å². The molecule has 1 aliphatic heterocycles. The molecule has 0 N–H and O–H groups in total. The van der Waals surface area contributed by atoms with E-state index in [1.807, 2.05) is 53.6 Å². The van der Waals surface area contributed by atoms with Crippen LogP contribution in [0.5, 0.6) is 0 Å². The fraction of sp³-hybridized carbons (Fsp3) is 0.182. The molecular weight excluding hydrogens is 358 g/mol. The SMILES string of the molecule is Fc1ccc(F)c([C@H]2CCCN2c2ccn3nc(-c4ccccc4)cc3n2)c1. The number of aromatic nitrogens is 3. The Morgan fingerprint density at radius 3 is 2.68 bits per heavy atom. The molecule has 1 saturated heterocycles. The van der Waals surface area contributed by atoms with E-state index < -0.39 is 5.82 Å². The van der Waals surface area contributed by atoms with E-state index in [2.05, 4.69) is 5.10 Å². The molecule has 0 spiro atoms. The molecular formula is C22H18F2N4. The maximum Gasteiger partial charge on any atom is 0.157 e. The summed E-state index contributed by atoms with van der Waals surface area (Å²) in [6, 6.07) is 17.2. The first kappa shape index (κ1) is 16.9. The van der Waals surface area contributed by atoms with Crippen LogP contribution in [0.2, 0.25) is 0 Å². The summed E-state index contributed by atoms with van der Waals surface area (Å²) in [7, 11) is 0. The van der Waals surface area contributed by atoms with E-state index in [0.717, 1.165) is 48.2 Å². The van der Waals surface area contributed by atoms with Gasteiger partial charge in [0.25, 0.3) is 0 Å². The Hall–Kier alpha value is -3.28. The van der Waals surface area contributed by atoms with E-state index in [9.17, 15) is 8.78 Å². The molecule has 1 fully saturated rings. The maximum absolute atomic E-state index is 14.3. The maximum atomic E-state index is 14.3. The van der Waals surface area contributed by atoms with Gasteiger partial charge in [-0.2, -0.15) is 5.10 Å². The van der Waals surface area contributed by atoms with Crippen LogP contribution in [-0.4, -0.2) is 21.1 Å². The Morgan fingerprint density at radius 1 is 0.964 bits per heavy atom. The van der Waals surface area contributed by atoms with Gasteiger partial charge in [-0.15, -0.1) is 0 Å². The Morgan fingerprint density at radius 2 is 1.82 bits per heavy atom. The van der Waals surface area contributed by atoms with Crippen molar-refractivity contribution in [2.75, 3.05) is 11.4 Å². The number of nitrogens with zero attached hydrogens (tertiary/aromatic N) is 4. The lowest BCUT2D eigenvalue weighted by Gasteiger charge is -2.26. The van der Waals surface area contributed by atoms with Gasteiger partial charge >= 0.3 is 0 Å². The third-order valence-electron chi connectivity index (χ3n) is 5.24. The van der Waals surface area contributed by atoms with Crippen LogP contribution in [0.25, 0.3) is 16.9 Å². The number of fused-ring (bicyclic) bond motifs is 1. The molecule has 0 aliphatic carbocycles. The number of rotatable bonds is 3. The van der Waals surface area contributed by atoms with Crippen LogP contribution >= 0.6 is 0 Å². The van der Waals surface area contributed by atoms with Gasteiger partial charge in [-0.25, -0.2) is 18.3 Å². The first-order valence-corrected chi connectivity index (χ1v) is 9.32. The van der Waals surface area contributed by atoms with E-state index in [0.29, 0.717) is 5.56 Å². The molecule has 2 aromatic carbocycles. The van der Waals surface area contributed by atoms with Crippen molar-refractivity contribution < 1.29 is 8.78 Å². The summed E-state index contributed by atoms with van der Waals surface area (Å²) in [5, 5.41) is 4.58. The number of halogens is 2. The minimum Gasteiger partial charge on any atom is -0.349 e. The lowest BCUT2D eigenvalue weighted by molar-refractivity contribution is 0.560. The third kappa shape index (κ3) is 2.91. The summed E-state index contributed by atoms with van der Waals surface area (Å²) >= 11 is 0. The Balaban J connectivity index is 1.52. The average Bonchev–Trinajstić information content (AvgIpc) is 3.37. The molecule has 28 heavy (non-hydrogen) atoms. The topological polar surface area (TPSA) is 33.4 Å². The van der Waals surface area contributed by atoms with Crippen LogP contribution < -0.4 is 4.90 Å². The highest BCUT2D eigenvalue weighted by atomic mass is 19.1. The van der Waals surface area contributed by atoms with Crippen molar-refractivity contribution in [2.45, 2.75) is 18.9 Å². The zero-order chi connectivity index (χ0) is 19.1. The molecule has 0 radical (unpaired) electrons. The lowest BCUT2D eigenvalue weighted by atomic mass is 10.0. The summed E-state index contributed by atoms with van der Waals surface area (Å²) in [6.07, 6.45) is 3.53. The van der Waals surface area contributed by atoms with E-state index in [1.54, 1.807) is 4.52 Å². The first-order valence-electron chi connectivity index (χ1n) is 9.32. The second-order valence-electron chi connectivity index (χ2n) is 7.00. The highest BCUT2D eigenvalue weighted by molar-refractivity contribution is 5.65. The van der Waals surface area contributed by atoms with Gasteiger partial charge < -0.3 is 4.90 Å². The van der Waals surface area contributed by atoms with Crippen molar-refractivity contribution in [2.24, 2.45) is 0 Å². The lowest BCUT2D eigenvalue weighted by Crippen LogP contribution is -2.24. The highest BCUT2D eigenvalue weighted by Gasteiger charge is 2.29. The Labute approximate surface area is 161 Å². The standard InChI is InChI=1S/C22H18F2N4/c23-16-8-9-18(24)17(13-16)20-7-4-11-27(20)21-10-12-28-22(25-21)14-19(26-28)15-5-2-1-3-6-15/h1-3,5-6,8-10,12-14,20H,4,7,11H2/t20-/m1/s1. The zero-order valence-electron chi connectivity index (χ0n) is 15.1. The van der Waals surface area contributed by atoms with Gasteiger partial charge in [-0.05, 0) is 37.1 Å². The van der Waals surface area contributed by atoms with Gasteiger partial charge in [0.2, 0.25) is 0 Å². The number of benzene rings is 2. The fourth-order valence-electron chi connectivity index (χ4n) is 3.91. The summed E-state index contributed by atoms with van der Waals surface area (Å²) in [5.74, 6) is -0.0526. The van der Waals surface area contributed by atoms with Crippen LogP contribution in [0.15, 0.2) is 66.9 Å². The second-order valence-corrected chi connectivity index (χ2v) is 7.00. The fourth-order valence-corrected chi connectivity index (χ4v) is 3.91. The summed E-state index contributed by atoms with van der Waals surface area (Å²) in [6.45, 7) is 0.753.